The maximum absolute atomic E-state index is 12.3. The van der Waals surface area contributed by atoms with Gasteiger partial charge >= 0.3 is 0 Å². The fourth-order valence-corrected chi connectivity index (χ4v) is 8.59. The Morgan fingerprint density at radius 2 is 2.10 bits per heavy atom. The van der Waals surface area contributed by atoms with Crippen LogP contribution in [0.5, 0.6) is 0 Å². The third-order valence-corrected chi connectivity index (χ3v) is 10.4. The minimum absolute atomic E-state index is 0.0190. The number of thiophene rings is 1. The summed E-state index contributed by atoms with van der Waals surface area (Å²) in [4.78, 5) is 25.3. The van der Waals surface area contributed by atoms with Gasteiger partial charge in [0.15, 0.2) is 28.6 Å². The van der Waals surface area contributed by atoms with Crippen LogP contribution in [0.3, 0.4) is 0 Å². The lowest BCUT2D eigenvalue weighted by atomic mass is 9.63. The van der Waals surface area contributed by atoms with Gasteiger partial charge in [-0.05, 0) is 77.4 Å². The number of fused-ring (bicyclic) bond motifs is 5. The highest BCUT2D eigenvalue weighted by molar-refractivity contribution is 7.16. The molecule has 4 aromatic rings. The van der Waals surface area contributed by atoms with Crippen LogP contribution in [0.25, 0.3) is 22.6 Å². The highest BCUT2D eigenvalue weighted by atomic mass is 32.1. The van der Waals surface area contributed by atoms with Crippen LogP contribution in [0.4, 0.5) is 5.00 Å². The van der Waals surface area contributed by atoms with Gasteiger partial charge in [-0.2, -0.15) is 10.4 Å². The Morgan fingerprint density at radius 3 is 2.83 bits per heavy atom. The molecule has 3 aliphatic rings. The summed E-state index contributed by atoms with van der Waals surface area (Å²) in [5.41, 5.74) is 15.5. The van der Waals surface area contributed by atoms with Crippen molar-refractivity contribution in [3.8, 4) is 17.6 Å². The lowest BCUT2D eigenvalue weighted by Gasteiger charge is -2.39. The third-order valence-electron chi connectivity index (χ3n) is 9.27. The molecule has 7 rings (SSSR count). The van der Waals surface area contributed by atoms with Crippen molar-refractivity contribution >= 4 is 33.3 Å². The van der Waals surface area contributed by atoms with E-state index in [2.05, 4.69) is 40.2 Å². The van der Waals surface area contributed by atoms with E-state index in [0.717, 1.165) is 74.8 Å². The zero-order chi connectivity index (χ0) is 27.8. The molecule has 1 fully saturated rings. The molecule has 40 heavy (non-hydrogen) atoms. The number of rotatable bonds is 4. The van der Waals surface area contributed by atoms with E-state index >= 15 is 0 Å². The largest absolute Gasteiger partial charge is 0.389 e. The monoisotopic (exact) mass is 557 g/mol. The van der Waals surface area contributed by atoms with Crippen molar-refractivity contribution in [2.24, 2.45) is 5.73 Å². The molecule has 1 spiro atoms. The normalized spacial score (nSPS) is 23.3. The molecule has 4 N–H and O–H groups in total. The number of hydrogen-bond donors (Lipinski definition) is 2. The molecule has 4 aromatic heterocycles. The van der Waals surface area contributed by atoms with Crippen LogP contribution in [0.1, 0.15) is 89.3 Å². The predicted molar refractivity (Wildman–Crippen MR) is 150 cm³/mol. The summed E-state index contributed by atoms with van der Waals surface area (Å²) in [6.07, 6.45) is 9.18. The fraction of sp³-hybridized carbons (Fsp3) is 0.500. The van der Waals surface area contributed by atoms with Gasteiger partial charge in [-0.25, -0.2) is 14.6 Å². The summed E-state index contributed by atoms with van der Waals surface area (Å²) < 4.78 is 7.97. The van der Waals surface area contributed by atoms with E-state index < -0.39 is 11.3 Å². The van der Waals surface area contributed by atoms with E-state index in [9.17, 15) is 10.1 Å². The smallest absolute Gasteiger partial charge is 0.269 e. The summed E-state index contributed by atoms with van der Waals surface area (Å²) in [7, 11) is 2.11. The quantitative estimate of drug-likeness (QED) is 0.380. The number of nitrogens with zero attached hydrogens (tertiary/aromatic N) is 7. The second-order valence-electron chi connectivity index (χ2n) is 11.4. The number of aromatic nitrogens is 5. The third kappa shape index (κ3) is 3.47. The van der Waals surface area contributed by atoms with Gasteiger partial charge < -0.3 is 20.9 Å². The lowest BCUT2D eigenvalue weighted by molar-refractivity contribution is 0.0995. The Balaban J connectivity index is 1.37. The first kappa shape index (κ1) is 25.2. The molecule has 0 aromatic carbocycles. The van der Waals surface area contributed by atoms with Gasteiger partial charge in [0.1, 0.15) is 11.1 Å². The number of amides is 1. The lowest BCUT2D eigenvalue weighted by Crippen LogP contribution is -2.35. The molecular formula is C28H31N9O2S. The Bertz CT molecular complexity index is 1710. The van der Waals surface area contributed by atoms with Crippen molar-refractivity contribution in [1.29, 1.82) is 5.26 Å². The molecule has 206 valence electrons. The van der Waals surface area contributed by atoms with E-state index in [1.54, 1.807) is 6.20 Å². The molecule has 3 unspecified atom stereocenters. The van der Waals surface area contributed by atoms with Crippen molar-refractivity contribution in [2.75, 3.05) is 19.3 Å². The van der Waals surface area contributed by atoms with E-state index in [0.29, 0.717) is 33.1 Å². The average molecular weight is 558 g/mol. The van der Waals surface area contributed by atoms with Gasteiger partial charge in [0.05, 0.1) is 22.4 Å². The second-order valence-corrected chi connectivity index (χ2v) is 12.5. The summed E-state index contributed by atoms with van der Waals surface area (Å²) in [5, 5.41) is 20.2. The Hall–Kier alpha value is -3.82. The van der Waals surface area contributed by atoms with Crippen molar-refractivity contribution in [3.63, 3.8) is 0 Å². The van der Waals surface area contributed by atoms with Gasteiger partial charge in [0.25, 0.3) is 5.91 Å². The number of likely N-dealkylation sites (tertiary alicyclic amines) is 1. The molecule has 1 saturated heterocycles. The van der Waals surface area contributed by atoms with Crippen LogP contribution in [0.15, 0.2) is 10.7 Å². The van der Waals surface area contributed by atoms with Gasteiger partial charge in [0.2, 0.25) is 0 Å². The summed E-state index contributed by atoms with van der Waals surface area (Å²) in [6, 6.07) is 2.62. The molecule has 0 radical (unpaired) electrons. The highest BCUT2D eigenvalue weighted by Gasteiger charge is 2.48. The molecule has 0 saturated carbocycles. The number of anilines is 1. The first-order valence-corrected chi connectivity index (χ1v) is 14.7. The SMILES string of the molecule is CC(C1CCCN1C)n1nc(C(N)=O)c2cnc(-c3noc4c3CCCC43CCCc4sc(N)c(C#N)c43)nc21. The number of nitriles is 1. The van der Waals surface area contributed by atoms with Crippen LogP contribution in [-0.4, -0.2) is 55.3 Å². The molecule has 3 atom stereocenters. The molecule has 0 bridgehead atoms. The first-order valence-electron chi connectivity index (χ1n) is 13.9. The minimum atomic E-state index is -0.607. The summed E-state index contributed by atoms with van der Waals surface area (Å²) in [5.74, 6) is 0.629. The Morgan fingerprint density at radius 1 is 1.30 bits per heavy atom. The van der Waals surface area contributed by atoms with Gasteiger partial charge in [-0.1, -0.05) is 5.16 Å². The molecule has 5 heterocycles. The zero-order valence-electron chi connectivity index (χ0n) is 22.6. The molecule has 11 nitrogen and oxygen atoms in total. The molecule has 1 amide bonds. The summed E-state index contributed by atoms with van der Waals surface area (Å²) >= 11 is 1.53. The number of nitrogen functional groups attached to an aromatic ring is 1. The standard InChI is InChI=1S/C28H31N9O2S/c1-14(18-7-5-11-36(18)2)37-27-17(21(34-37)24(30)38)13-32-26(33-27)22-15-6-3-9-28(23(15)39-35-22)10-4-8-19-20(28)16(12-29)25(31)40-19/h13-14,18H,3-11,31H2,1-2H3,(H2,30,38). The van der Waals surface area contributed by atoms with Crippen LogP contribution in [0.2, 0.25) is 0 Å². The van der Waals surface area contributed by atoms with Gasteiger partial charge in [-0.3, -0.25) is 4.79 Å². The molecule has 1 aliphatic heterocycles. The Labute approximate surface area is 235 Å². The molecular weight excluding hydrogens is 526 g/mol. The summed E-state index contributed by atoms with van der Waals surface area (Å²) in [6.45, 7) is 3.13. The number of aryl methyl sites for hydroxylation is 1. The fourth-order valence-electron chi connectivity index (χ4n) is 7.43. The maximum Gasteiger partial charge on any atom is 0.269 e. The van der Waals surface area contributed by atoms with E-state index in [4.69, 9.17) is 21.0 Å². The predicted octanol–water partition coefficient (Wildman–Crippen LogP) is 3.71. The number of primary amides is 1. The van der Waals surface area contributed by atoms with E-state index in [1.165, 1.54) is 16.2 Å². The maximum atomic E-state index is 12.3. The topological polar surface area (TPSA) is 166 Å². The van der Waals surface area contributed by atoms with Crippen LogP contribution in [0, 0.1) is 11.3 Å². The number of carbonyl (C=O) groups is 1. The zero-order valence-corrected chi connectivity index (χ0v) is 23.4. The van der Waals surface area contributed by atoms with E-state index in [-0.39, 0.29) is 17.8 Å². The van der Waals surface area contributed by atoms with Crippen LogP contribution < -0.4 is 11.5 Å². The first-order chi connectivity index (χ1) is 19.3. The number of nitrogens with two attached hydrogens (primary N) is 2. The van der Waals surface area contributed by atoms with Crippen molar-refractivity contribution in [1.82, 2.24) is 29.8 Å². The van der Waals surface area contributed by atoms with Crippen LogP contribution >= 0.6 is 11.3 Å². The number of carbonyl (C=O) groups excluding carboxylic acids is 1. The van der Waals surface area contributed by atoms with Gasteiger partial charge in [0, 0.05) is 22.7 Å². The van der Waals surface area contributed by atoms with Crippen molar-refractivity contribution < 1.29 is 9.32 Å². The van der Waals surface area contributed by atoms with Crippen molar-refractivity contribution in [3.05, 3.63) is 39.2 Å². The number of hydrogen-bond acceptors (Lipinski definition) is 10. The van der Waals surface area contributed by atoms with Gasteiger partial charge in [-0.15, -0.1) is 11.3 Å². The highest BCUT2D eigenvalue weighted by Crippen LogP contribution is 2.55. The second kappa shape index (κ2) is 9.11. The van der Waals surface area contributed by atoms with Crippen molar-refractivity contribution in [2.45, 2.75) is 75.8 Å². The molecule has 12 heteroatoms. The van der Waals surface area contributed by atoms with Crippen LogP contribution in [-0.2, 0) is 18.3 Å². The number of likely N-dealkylation sites (N-methyl/N-ethyl adjacent to an activating group) is 1. The minimum Gasteiger partial charge on any atom is -0.389 e. The van der Waals surface area contributed by atoms with E-state index in [1.807, 2.05) is 4.68 Å². The Kier molecular flexibility index (Phi) is 5.73. The molecule has 2 aliphatic carbocycles. The average Bonchev–Trinajstić information content (AvgIpc) is 3.72.